The lowest BCUT2D eigenvalue weighted by Crippen LogP contribution is -1.96. The van der Waals surface area contributed by atoms with Gasteiger partial charge in [0.25, 0.3) is 0 Å². The van der Waals surface area contributed by atoms with Crippen LogP contribution in [0.25, 0.3) is 11.3 Å². The minimum Gasteiger partial charge on any atom is -0.472 e. The monoisotopic (exact) mass is 346 g/mol. The summed E-state index contributed by atoms with van der Waals surface area (Å²) in [5.74, 6) is 0.752. The van der Waals surface area contributed by atoms with Gasteiger partial charge in [0.15, 0.2) is 9.84 Å². The maximum Gasteiger partial charge on any atom is 0.175 e. The van der Waals surface area contributed by atoms with Crippen LogP contribution in [-0.2, 0) is 15.6 Å². The third-order valence-corrected chi connectivity index (χ3v) is 5.26. The van der Waals surface area contributed by atoms with Crippen molar-refractivity contribution in [1.82, 2.24) is 9.97 Å². The van der Waals surface area contributed by atoms with Crippen molar-refractivity contribution in [3.63, 3.8) is 0 Å². The van der Waals surface area contributed by atoms with Crippen molar-refractivity contribution in [1.29, 1.82) is 0 Å². The van der Waals surface area contributed by atoms with E-state index < -0.39 is 9.84 Å². The fourth-order valence-electron chi connectivity index (χ4n) is 1.96. The van der Waals surface area contributed by atoms with Gasteiger partial charge in [-0.25, -0.2) is 13.4 Å². The summed E-state index contributed by atoms with van der Waals surface area (Å²) in [7, 11) is -3.19. The summed E-state index contributed by atoms with van der Waals surface area (Å²) in [6.45, 7) is 0. The number of rotatable bonds is 5. The maximum absolute atomic E-state index is 11.5. The van der Waals surface area contributed by atoms with E-state index >= 15 is 0 Å². The van der Waals surface area contributed by atoms with Crippen LogP contribution in [0.2, 0.25) is 0 Å². The molecule has 118 valence electrons. The van der Waals surface area contributed by atoms with Crippen LogP contribution in [0.3, 0.4) is 0 Å². The van der Waals surface area contributed by atoms with Gasteiger partial charge >= 0.3 is 0 Å². The Morgan fingerprint density at radius 2 is 1.91 bits per heavy atom. The second-order valence-corrected chi connectivity index (χ2v) is 7.97. The van der Waals surface area contributed by atoms with Crippen LogP contribution in [0, 0.1) is 0 Å². The van der Waals surface area contributed by atoms with Crippen molar-refractivity contribution in [3.8, 4) is 11.3 Å². The zero-order chi connectivity index (χ0) is 16.3. The third-order valence-electron chi connectivity index (χ3n) is 3.16. The standard InChI is InChI=1S/C16H14N2O3S2/c1-23(19,20)14-4-2-13(3-5-14)15-8-17-9-16(18-15)22-11-12-6-7-21-10-12/h2-10H,11H2,1H3. The summed E-state index contributed by atoms with van der Waals surface area (Å²) in [4.78, 5) is 9.05. The van der Waals surface area contributed by atoms with Gasteiger partial charge in [-0.3, -0.25) is 4.98 Å². The molecule has 23 heavy (non-hydrogen) atoms. The molecule has 5 nitrogen and oxygen atoms in total. The molecule has 0 aliphatic heterocycles. The molecule has 0 fully saturated rings. The second-order valence-electron chi connectivity index (χ2n) is 4.96. The number of hydrogen-bond donors (Lipinski definition) is 0. The zero-order valence-corrected chi connectivity index (χ0v) is 14.0. The number of thioether (sulfide) groups is 1. The lowest BCUT2D eigenvalue weighted by Gasteiger charge is -2.04. The van der Waals surface area contributed by atoms with Crippen LogP contribution in [0.5, 0.6) is 0 Å². The summed E-state index contributed by atoms with van der Waals surface area (Å²) < 4.78 is 28.0. The molecular weight excluding hydrogens is 332 g/mol. The van der Waals surface area contributed by atoms with E-state index in [4.69, 9.17) is 4.42 Å². The van der Waals surface area contributed by atoms with Gasteiger partial charge in [0.1, 0.15) is 5.03 Å². The van der Waals surface area contributed by atoms with E-state index in [9.17, 15) is 8.42 Å². The van der Waals surface area contributed by atoms with Crippen LogP contribution in [0.1, 0.15) is 5.56 Å². The van der Waals surface area contributed by atoms with Gasteiger partial charge in [0.2, 0.25) is 0 Å². The van der Waals surface area contributed by atoms with Gasteiger partial charge in [-0.15, -0.1) is 0 Å². The minimum absolute atomic E-state index is 0.291. The summed E-state index contributed by atoms with van der Waals surface area (Å²) in [6.07, 6.45) is 7.90. The Morgan fingerprint density at radius 1 is 1.13 bits per heavy atom. The first-order valence-electron chi connectivity index (χ1n) is 6.79. The Labute approximate surface area is 138 Å². The van der Waals surface area contributed by atoms with E-state index in [1.54, 1.807) is 60.9 Å². The molecule has 0 spiro atoms. The highest BCUT2D eigenvalue weighted by Gasteiger charge is 2.08. The summed E-state index contributed by atoms with van der Waals surface area (Å²) in [6, 6.07) is 8.55. The largest absolute Gasteiger partial charge is 0.472 e. The fraction of sp³-hybridized carbons (Fsp3) is 0.125. The number of benzene rings is 1. The highest BCUT2D eigenvalue weighted by molar-refractivity contribution is 7.98. The quantitative estimate of drug-likeness (QED) is 0.659. The predicted molar refractivity (Wildman–Crippen MR) is 88.8 cm³/mol. The first kappa shape index (κ1) is 15.8. The Bertz CT molecular complexity index is 889. The normalized spacial score (nSPS) is 11.5. The van der Waals surface area contributed by atoms with Gasteiger partial charge in [-0.1, -0.05) is 23.9 Å². The molecule has 0 radical (unpaired) electrons. The average Bonchev–Trinajstić information content (AvgIpc) is 3.06. The Kier molecular flexibility index (Phi) is 4.49. The molecule has 0 amide bonds. The molecule has 7 heteroatoms. The maximum atomic E-state index is 11.5. The molecule has 0 atom stereocenters. The zero-order valence-electron chi connectivity index (χ0n) is 12.3. The molecule has 2 heterocycles. The van der Waals surface area contributed by atoms with Crippen LogP contribution in [0.4, 0.5) is 0 Å². The van der Waals surface area contributed by atoms with Crippen molar-refractivity contribution in [2.75, 3.05) is 6.26 Å². The van der Waals surface area contributed by atoms with Crippen molar-refractivity contribution in [2.24, 2.45) is 0 Å². The van der Waals surface area contributed by atoms with E-state index in [0.717, 1.165) is 21.9 Å². The lowest BCUT2D eigenvalue weighted by atomic mass is 10.2. The molecule has 3 rings (SSSR count). The van der Waals surface area contributed by atoms with Crippen LogP contribution in [0.15, 0.2) is 69.6 Å². The van der Waals surface area contributed by atoms with Gasteiger partial charge < -0.3 is 4.42 Å². The van der Waals surface area contributed by atoms with Crippen LogP contribution < -0.4 is 0 Å². The molecule has 0 unspecified atom stereocenters. The number of nitrogens with zero attached hydrogens (tertiary/aromatic N) is 2. The first-order chi connectivity index (χ1) is 11.0. The Morgan fingerprint density at radius 3 is 2.57 bits per heavy atom. The lowest BCUT2D eigenvalue weighted by molar-refractivity contribution is 0.565. The number of aromatic nitrogens is 2. The molecule has 0 aliphatic carbocycles. The van der Waals surface area contributed by atoms with Gasteiger partial charge in [-0.2, -0.15) is 0 Å². The van der Waals surface area contributed by atoms with E-state index in [1.807, 2.05) is 6.07 Å². The second kappa shape index (κ2) is 6.55. The summed E-state index contributed by atoms with van der Waals surface area (Å²) >= 11 is 1.56. The predicted octanol–water partition coefficient (Wildman–Crippen LogP) is 3.43. The molecule has 0 saturated heterocycles. The van der Waals surface area contributed by atoms with Crippen molar-refractivity contribution >= 4 is 21.6 Å². The van der Waals surface area contributed by atoms with Gasteiger partial charge in [-0.05, 0) is 18.2 Å². The molecule has 0 bridgehead atoms. The van der Waals surface area contributed by atoms with Crippen LogP contribution in [-0.4, -0.2) is 24.6 Å². The summed E-state index contributed by atoms with van der Waals surface area (Å²) in [5.41, 5.74) is 2.62. The van der Waals surface area contributed by atoms with Crippen molar-refractivity contribution < 1.29 is 12.8 Å². The molecule has 0 saturated carbocycles. The van der Waals surface area contributed by atoms with E-state index in [2.05, 4.69) is 9.97 Å². The van der Waals surface area contributed by atoms with Crippen molar-refractivity contribution in [3.05, 3.63) is 60.8 Å². The third kappa shape index (κ3) is 4.00. The van der Waals surface area contributed by atoms with E-state index in [-0.39, 0.29) is 0 Å². The van der Waals surface area contributed by atoms with Crippen molar-refractivity contribution in [2.45, 2.75) is 15.7 Å². The average molecular weight is 346 g/mol. The highest BCUT2D eigenvalue weighted by Crippen LogP contribution is 2.24. The molecule has 0 aliphatic rings. The summed E-state index contributed by atoms with van der Waals surface area (Å²) in [5, 5.41) is 0.802. The topological polar surface area (TPSA) is 73.1 Å². The van der Waals surface area contributed by atoms with E-state index in [1.165, 1.54) is 6.26 Å². The Balaban J connectivity index is 1.79. The molecule has 0 N–H and O–H groups in total. The highest BCUT2D eigenvalue weighted by atomic mass is 32.2. The molecule has 2 aromatic heterocycles. The fourth-order valence-corrected chi connectivity index (χ4v) is 3.37. The van der Waals surface area contributed by atoms with Crippen LogP contribution >= 0.6 is 11.8 Å². The van der Waals surface area contributed by atoms with Gasteiger partial charge in [0.05, 0.1) is 35.5 Å². The minimum atomic E-state index is -3.19. The smallest absolute Gasteiger partial charge is 0.175 e. The molecule has 1 aromatic carbocycles. The van der Waals surface area contributed by atoms with E-state index in [0.29, 0.717) is 10.6 Å². The molecule has 3 aromatic rings. The number of furan rings is 1. The Hall–Kier alpha value is -2.12. The van der Waals surface area contributed by atoms with Gasteiger partial charge in [0, 0.05) is 23.1 Å². The molecular formula is C16H14N2O3S2. The number of sulfone groups is 1. The SMILES string of the molecule is CS(=O)(=O)c1ccc(-c2cncc(SCc3ccoc3)n2)cc1. The number of hydrogen-bond acceptors (Lipinski definition) is 6. The first-order valence-corrected chi connectivity index (χ1v) is 9.66.